The Morgan fingerprint density at radius 2 is 1.37 bits per heavy atom. The van der Waals surface area contributed by atoms with Crippen LogP contribution in [0.25, 0.3) is 10.9 Å². The standard InChI is InChI=1S/C57H61N5O9/c1-3-36-14-13-16-41(30-36)61(4-2)52(65)35-62-48-17-10-9-15-38(48)32-49(62)55(68)60-40-21-18-37(19-22-40)53(66)58-28-11-7-5-6-8-12-29-59-54(67)39-20-25-45-44(31-39)56(69)71-57(45)46-26-23-42(63)33-50(46)70-51-34-43(64)24-27-47(51)57/h9-10,13-17,20,23-27,30-34,37,40,63-64H,3-8,11-12,18-19,21-22,28-29,35H2,1-2H3,(H,58,66)(H,59,67)(H,60,68). The first kappa shape index (κ1) is 48.4. The Morgan fingerprint density at radius 1 is 0.704 bits per heavy atom. The average molecular weight is 960 g/mol. The second kappa shape index (κ2) is 21.2. The summed E-state index contributed by atoms with van der Waals surface area (Å²) in [5.74, 6) is -0.727. The van der Waals surface area contributed by atoms with Crippen LogP contribution >= 0.6 is 0 Å². The van der Waals surface area contributed by atoms with Crippen molar-refractivity contribution in [2.24, 2.45) is 5.92 Å². The number of carbonyl (C=O) groups excluding carboxylic acids is 5. The third kappa shape index (κ3) is 10.1. The molecule has 5 N–H and O–H groups in total. The van der Waals surface area contributed by atoms with Crippen molar-refractivity contribution in [2.45, 2.75) is 103 Å². The van der Waals surface area contributed by atoms with E-state index in [1.165, 1.54) is 24.3 Å². The second-order valence-corrected chi connectivity index (χ2v) is 18.8. The number of rotatable bonds is 18. The molecule has 0 saturated heterocycles. The number of fused-ring (bicyclic) bond motifs is 7. The average Bonchev–Trinajstić information content (AvgIpc) is 3.88. The molecular formula is C57H61N5O9. The van der Waals surface area contributed by atoms with Crippen molar-refractivity contribution in [3.63, 3.8) is 0 Å². The fourth-order valence-corrected chi connectivity index (χ4v) is 10.5. The topological polar surface area (TPSA) is 189 Å². The second-order valence-electron chi connectivity index (χ2n) is 18.8. The number of para-hydroxylation sites is 1. The maximum absolute atomic E-state index is 13.8. The van der Waals surface area contributed by atoms with Crippen LogP contribution < -0.4 is 25.6 Å². The van der Waals surface area contributed by atoms with Gasteiger partial charge < -0.3 is 45.1 Å². The third-order valence-corrected chi connectivity index (χ3v) is 14.2. The lowest BCUT2D eigenvalue weighted by molar-refractivity contribution is -0.126. The van der Waals surface area contributed by atoms with Gasteiger partial charge in [-0.15, -0.1) is 0 Å². The molecule has 0 radical (unpaired) electrons. The molecule has 1 aromatic heterocycles. The number of carbonyl (C=O) groups is 5. The third-order valence-electron chi connectivity index (χ3n) is 14.2. The zero-order chi connectivity index (χ0) is 49.6. The summed E-state index contributed by atoms with van der Waals surface area (Å²) < 4.78 is 14.0. The Labute approximate surface area is 413 Å². The Hall–Kier alpha value is -7.61. The van der Waals surface area contributed by atoms with Crippen molar-refractivity contribution >= 4 is 46.2 Å². The van der Waals surface area contributed by atoms with E-state index in [2.05, 4.69) is 28.9 Å². The molecule has 4 amide bonds. The fourth-order valence-electron chi connectivity index (χ4n) is 10.5. The summed E-state index contributed by atoms with van der Waals surface area (Å²) >= 11 is 0. The lowest BCUT2D eigenvalue weighted by Gasteiger charge is -2.36. The molecule has 9 rings (SSSR count). The van der Waals surface area contributed by atoms with E-state index in [1.807, 2.05) is 60.0 Å². The van der Waals surface area contributed by atoms with Gasteiger partial charge in [-0.1, -0.05) is 69.0 Å². The highest BCUT2D eigenvalue weighted by Crippen LogP contribution is 2.57. The fraction of sp³-hybridized carbons (Fsp3) is 0.351. The first-order valence-corrected chi connectivity index (χ1v) is 25.0. The first-order valence-electron chi connectivity index (χ1n) is 25.0. The van der Waals surface area contributed by atoms with Gasteiger partial charge in [-0.2, -0.15) is 0 Å². The van der Waals surface area contributed by atoms with Gasteiger partial charge in [-0.05, 0) is 118 Å². The molecule has 5 aromatic carbocycles. The van der Waals surface area contributed by atoms with Crippen molar-refractivity contribution in [2.75, 3.05) is 24.5 Å². The Kier molecular flexibility index (Phi) is 14.4. The molecule has 14 heteroatoms. The van der Waals surface area contributed by atoms with Crippen molar-refractivity contribution in [1.29, 1.82) is 0 Å². The lowest BCUT2D eigenvalue weighted by atomic mass is 9.77. The van der Waals surface area contributed by atoms with Gasteiger partial charge in [-0.25, -0.2) is 4.79 Å². The maximum atomic E-state index is 13.8. The Morgan fingerprint density at radius 3 is 2.06 bits per heavy atom. The van der Waals surface area contributed by atoms with Crippen LogP contribution in [0.1, 0.15) is 132 Å². The van der Waals surface area contributed by atoms with E-state index in [-0.39, 0.29) is 70.7 Å². The summed E-state index contributed by atoms with van der Waals surface area (Å²) in [6.07, 6.45) is 9.25. The highest BCUT2D eigenvalue weighted by molar-refractivity contribution is 6.02. The number of phenolic OH excluding ortho intramolecular Hbond substituents is 2. The van der Waals surface area contributed by atoms with Crippen molar-refractivity contribution in [3.8, 4) is 23.0 Å². The van der Waals surface area contributed by atoms with Crippen LogP contribution in [0.5, 0.6) is 23.0 Å². The largest absolute Gasteiger partial charge is 0.508 e. The Bertz CT molecular complexity index is 2940. The van der Waals surface area contributed by atoms with E-state index in [0.29, 0.717) is 73.3 Å². The first-order chi connectivity index (χ1) is 34.5. The summed E-state index contributed by atoms with van der Waals surface area (Å²) in [5, 5.41) is 30.6. The molecule has 0 bridgehead atoms. The molecule has 1 saturated carbocycles. The highest BCUT2D eigenvalue weighted by atomic mass is 16.6. The smallest absolute Gasteiger partial charge is 0.340 e. The zero-order valence-electron chi connectivity index (χ0n) is 40.3. The molecule has 6 aromatic rings. The minimum Gasteiger partial charge on any atom is -0.508 e. The van der Waals surface area contributed by atoms with Gasteiger partial charge in [0.15, 0.2) is 5.60 Å². The van der Waals surface area contributed by atoms with Crippen LogP contribution in [0.15, 0.2) is 109 Å². The minimum atomic E-state index is -1.39. The number of esters is 1. The number of benzene rings is 5. The predicted octanol–water partition coefficient (Wildman–Crippen LogP) is 9.41. The summed E-state index contributed by atoms with van der Waals surface area (Å²) in [6, 6.07) is 31.6. The number of anilines is 1. The normalized spacial score (nSPS) is 16.3. The number of hydrogen-bond donors (Lipinski definition) is 5. The number of nitrogens with one attached hydrogen (secondary N) is 3. The molecular weight excluding hydrogens is 899 g/mol. The zero-order valence-corrected chi connectivity index (χ0v) is 40.3. The van der Waals surface area contributed by atoms with Gasteiger partial charge >= 0.3 is 5.97 Å². The van der Waals surface area contributed by atoms with E-state index >= 15 is 0 Å². The van der Waals surface area contributed by atoms with Crippen LogP contribution in [-0.2, 0) is 32.9 Å². The van der Waals surface area contributed by atoms with Gasteiger partial charge in [0.05, 0.1) is 5.56 Å². The van der Waals surface area contributed by atoms with Crippen molar-refractivity contribution < 1.29 is 43.7 Å². The molecule has 1 fully saturated rings. The molecule has 1 aliphatic carbocycles. The molecule has 3 heterocycles. The van der Waals surface area contributed by atoms with Crippen LogP contribution in [0.4, 0.5) is 5.69 Å². The molecule has 1 spiro atoms. The van der Waals surface area contributed by atoms with Crippen LogP contribution in [0.3, 0.4) is 0 Å². The highest BCUT2D eigenvalue weighted by Gasteiger charge is 2.54. The molecule has 14 nitrogen and oxygen atoms in total. The van der Waals surface area contributed by atoms with Crippen LogP contribution in [0.2, 0.25) is 0 Å². The summed E-state index contributed by atoms with van der Waals surface area (Å²) in [4.78, 5) is 69.2. The quantitative estimate of drug-likeness (QED) is 0.0413. The molecule has 2 aliphatic heterocycles. The minimum absolute atomic E-state index is 0.0312. The van der Waals surface area contributed by atoms with E-state index in [9.17, 15) is 34.2 Å². The SMILES string of the molecule is CCc1cccc(N(CC)C(=O)Cn2c(C(=O)NC3CCC(C(=O)NCCCCCCCCNC(=O)c4ccc5c(c4)C(=O)OC54c5ccc(O)cc5Oc5cc(O)ccc54)CC3)cc3ccccc32)c1. The number of aromatic nitrogens is 1. The van der Waals surface area contributed by atoms with E-state index < -0.39 is 11.6 Å². The number of unbranched alkanes of at least 4 members (excludes halogenated alkanes) is 5. The van der Waals surface area contributed by atoms with Gasteiger partial charge in [0.1, 0.15) is 35.2 Å². The summed E-state index contributed by atoms with van der Waals surface area (Å²) in [5.41, 5.74) is 4.03. The lowest BCUT2D eigenvalue weighted by Crippen LogP contribution is -2.42. The van der Waals surface area contributed by atoms with E-state index in [1.54, 1.807) is 35.2 Å². The molecule has 0 unspecified atom stereocenters. The number of aromatic hydroxyl groups is 2. The number of phenols is 2. The molecule has 3 aliphatic rings. The number of nitrogens with zero attached hydrogens (tertiary/aromatic N) is 2. The number of aryl methyl sites for hydroxylation is 1. The van der Waals surface area contributed by atoms with Crippen molar-refractivity contribution in [1.82, 2.24) is 20.5 Å². The van der Waals surface area contributed by atoms with Gasteiger partial charge in [0.2, 0.25) is 11.8 Å². The van der Waals surface area contributed by atoms with E-state index in [0.717, 1.165) is 67.1 Å². The molecule has 71 heavy (non-hydrogen) atoms. The summed E-state index contributed by atoms with van der Waals surface area (Å²) in [7, 11) is 0. The molecule has 368 valence electrons. The predicted molar refractivity (Wildman–Crippen MR) is 270 cm³/mol. The maximum Gasteiger partial charge on any atom is 0.340 e. The number of amides is 4. The number of likely N-dealkylation sites (N-methyl/N-ethyl adjacent to an activating group) is 1. The summed E-state index contributed by atoms with van der Waals surface area (Å²) in [6.45, 7) is 5.68. The number of hydrogen-bond acceptors (Lipinski definition) is 9. The van der Waals surface area contributed by atoms with Gasteiger partial charge in [0.25, 0.3) is 11.8 Å². The molecule has 0 atom stereocenters. The van der Waals surface area contributed by atoms with Crippen LogP contribution in [0, 0.1) is 5.92 Å². The van der Waals surface area contributed by atoms with Gasteiger partial charge in [-0.3, -0.25) is 19.2 Å². The number of ether oxygens (including phenoxy) is 2. The monoisotopic (exact) mass is 959 g/mol. The Balaban J connectivity index is 0.675. The van der Waals surface area contributed by atoms with Crippen LogP contribution in [-0.4, -0.2) is 70.1 Å². The van der Waals surface area contributed by atoms with Crippen molar-refractivity contribution in [3.05, 3.63) is 148 Å². The van der Waals surface area contributed by atoms with Gasteiger partial charge in [0, 0.05) is 82.6 Å². The van der Waals surface area contributed by atoms with E-state index in [4.69, 9.17) is 9.47 Å².